The van der Waals surface area contributed by atoms with E-state index in [4.69, 9.17) is 11.6 Å². The number of amides is 1. The van der Waals surface area contributed by atoms with Crippen LogP contribution in [0.2, 0.25) is 5.02 Å². The molecule has 108 valence electrons. The number of anilines is 2. The zero-order valence-corrected chi connectivity index (χ0v) is 12.4. The fraction of sp³-hybridized carbons (Fsp3) is 0.235. The second-order valence-electron chi connectivity index (χ2n) is 5.18. The maximum absolute atomic E-state index is 11.8. The molecule has 2 aromatic rings. The summed E-state index contributed by atoms with van der Waals surface area (Å²) in [6, 6.07) is 15.8. The molecule has 4 heteroatoms. The summed E-state index contributed by atoms with van der Waals surface area (Å²) >= 11 is 5.88. The van der Waals surface area contributed by atoms with Crippen LogP contribution in [-0.4, -0.2) is 12.5 Å². The first-order chi connectivity index (χ1) is 10.2. The molecule has 0 saturated carbocycles. The molecule has 3 nitrogen and oxygen atoms in total. The zero-order chi connectivity index (χ0) is 14.7. The number of hydrogen-bond acceptors (Lipinski definition) is 2. The van der Waals surface area contributed by atoms with Crippen molar-refractivity contribution in [3.8, 4) is 0 Å². The Morgan fingerprint density at radius 1 is 1.14 bits per heavy atom. The largest absolute Gasteiger partial charge is 0.381 e. The van der Waals surface area contributed by atoms with Gasteiger partial charge in [-0.1, -0.05) is 29.8 Å². The van der Waals surface area contributed by atoms with Crippen LogP contribution in [0.4, 0.5) is 11.4 Å². The summed E-state index contributed by atoms with van der Waals surface area (Å²) in [6.45, 7) is 1.55. The number of rotatable bonds is 4. The lowest BCUT2D eigenvalue weighted by molar-refractivity contribution is -0.117. The molecule has 1 N–H and O–H groups in total. The number of hydrogen-bond donors (Lipinski definition) is 1. The summed E-state index contributed by atoms with van der Waals surface area (Å²) in [5.74, 6) is 0.213. The maximum atomic E-state index is 11.8. The van der Waals surface area contributed by atoms with Gasteiger partial charge in [-0.15, -0.1) is 0 Å². The molecule has 0 aromatic heterocycles. The van der Waals surface area contributed by atoms with Crippen molar-refractivity contribution in [2.45, 2.75) is 19.4 Å². The van der Waals surface area contributed by atoms with Gasteiger partial charge in [0.25, 0.3) is 0 Å². The van der Waals surface area contributed by atoms with Crippen molar-refractivity contribution in [1.29, 1.82) is 0 Å². The normalized spacial score (nSPS) is 14.5. The summed E-state index contributed by atoms with van der Waals surface area (Å²) < 4.78 is 0. The predicted octanol–water partition coefficient (Wildman–Crippen LogP) is 4.08. The molecule has 0 aliphatic carbocycles. The van der Waals surface area contributed by atoms with E-state index >= 15 is 0 Å². The van der Waals surface area contributed by atoms with Crippen LogP contribution in [0, 0.1) is 0 Å². The maximum Gasteiger partial charge on any atom is 0.227 e. The van der Waals surface area contributed by atoms with Gasteiger partial charge in [-0.3, -0.25) is 4.79 Å². The predicted molar refractivity (Wildman–Crippen MR) is 86.8 cm³/mol. The van der Waals surface area contributed by atoms with Crippen molar-refractivity contribution >= 4 is 28.9 Å². The van der Waals surface area contributed by atoms with Crippen molar-refractivity contribution in [2.75, 3.05) is 16.8 Å². The number of nitrogens with one attached hydrogen (secondary N) is 1. The summed E-state index contributed by atoms with van der Waals surface area (Å²) in [5.41, 5.74) is 3.16. The molecular weight excluding hydrogens is 284 g/mol. The standard InChI is InChI=1S/C17H17ClN2O/c18-14-8-6-13(7-9-14)12-19-15-3-1-4-16(11-15)20-10-2-5-17(20)21/h1,3-4,6-9,11,19H,2,5,10,12H2. The highest BCUT2D eigenvalue weighted by Gasteiger charge is 2.21. The Labute approximate surface area is 129 Å². The van der Waals surface area contributed by atoms with Gasteiger partial charge in [0.2, 0.25) is 5.91 Å². The van der Waals surface area contributed by atoms with E-state index in [2.05, 4.69) is 5.32 Å². The lowest BCUT2D eigenvalue weighted by Crippen LogP contribution is -2.23. The zero-order valence-electron chi connectivity index (χ0n) is 11.7. The summed E-state index contributed by atoms with van der Waals surface area (Å²) in [7, 11) is 0. The third kappa shape index (κ3) is 3.37. The average molecular weight is 301 g/mol. The molecule has 1 aliphatic rings. The Balaban J connectivity index is 1.68. The molecular formula is C17H17ClN2O. The molecule has 2 aromatic carbocycles. The molecule has 1 heterocycles. The Morgan fingerprint density at radius 2 is 1.95 bits per heavy atom. The first-order valence-electron chi connectivity index (χ1n) is 7.11. The summed E-state index contributed by atoms with van der Waals surface area (Å²) in [4.78, 5) is 13.6. The van der Waals surface area contributed by atoms with Gasteiger partial charge in [0.05, 0.1) is 0 Å². The molecule has 0 radical (unpaired) electrons. The molecule has 1 aliphatic heterocycles. The molecule has 1 saturated heterocycles. The molecule has 0 unspecified atom stereocenters. The van der Waals surface area contributed by atoms with Crippen LogP contribution in [0.15, 0.2) is 48.5 Å². The van der Waals surface area contributed by atoms with Crippen LogP contribution in [0.1, 0.15) is 18.4 Å². The molecule has 1 fully saturated rings. The lowest BCUT2D eigenvalue weighted by atomic mass is 10.2. The molecule has 0 bridgehead atoms. The van der Waals surface area contributed by atoms with E-state index in [1.54, 1.807) is 0 Å². The highest BCUT2D eigenvalue weighted by Crippen LogP contribution is 2.24. The minimum Gasteiger partial charge on any atom is -0.381 e. The Bertz CT molecular complexity index is 639. The van der Waals surface area contributed by atoms with Gasteiger partial charge in [0.15, 0.2) is 0 Å². The number of halogens is 1. The SMILES string of the molecule is O=C1CCCN1c1cccc(NCc2ccc(Cl)cc2)c1. The highest BCUT2D eigenvalue weighted by molar-refractivity contribution is 6.30. The van der Waals surface area contributed by atoms with Gasteiger partial charge < -0.3 is 10.2 Å². The van der Waals surface area contributed by atoms with Crippen molar-refractivity contribution in [3.05, 3.63) is 59.1 Å². The number of benzene rings is 2. The van der Waals surface area contributed by atoms with E-state index in [0.717, 1.165) is 35.9 Å². The number of nitrogens with zero attached hydrogens (tertiary/aromatic N) is 1. The minimum atomic E-state index is 0.213. The van der Waals surface area contributed by atoms with Gasteiger partial charge in [-0.2, -0.15) is 0 Å². The summed E-state index contributed by atoms with van der Waals surface area (Å²) in [5, 5.41) is 4.12. The first kappa shape index (κ1) is 14.0. The minimum absolute atomic E-state index is 0.213. The first-order valence-corrected chi connectivity index (χ1v) is 7.49. The van der Waals surface area contributed by atoms with E-state index in [0.29, 0.717) is 6.42 Å². The van der Waals surface area contributed by atoms with Crippen LogP contribution in [-0.2, 0) is 11.3 Å². The van der Waals surface area contributed by atoms with E-state index in [1.807, 2.05) is 53.4 Å². The molecule has 21 heavy (non-hydrogen) atoms. The fourth-order valence-electron chi connectivity index (χ4n) is 2.51. The fourth-order valence-corrected chi connectivity index (χ4v) is 2.64. The van der Waals surface area contributed by atoms with Crippen molar-refractivity contribution in [2.24, 2.45) is 0 Å². The van der Waals surface area contributed by atoms with Gasteiger partial charge in [-0.05, 0) is 42.3 Å². The van der Waals surface area contributed by atoms with Crippen LogP contribution >= 0.6 is 11.6 Å². The van der Waals surface area contributed by atoms with E-state index in [-0.39, 0.29) is 5.91 Å². The smallest absolute Gasteiger partial charge is 0.227 e. The Hall–Kier alpha value is -2.00. The van der Waals surface area contributed by atoms with Gasteiger partial charge >= 0.3 is 0 Å². The van der Waals surface area contributed by atoms with Crippen molar-refractivity contribution in [3.63, 3.8) is 0 Å². The molecule has 3 rings (SSSR count). The molecule has 0 atom stereocenters. The van der Waals surface area contributed by atoms with E-state index < -0.39 is 0 Å². The molecule has 0 spiro atoms. The highest BCUT2D eigenvalue weighted by atomic mass is 35.5. The van der Waals surface area contributed by atoms with Crippen molar-refractivity contribution in [1.82, 2.24) is 0 Å². The topological polar surface area (TPSA) is 32.3 Å². The van der Waals surface area contributed by atoms with Crippen molar-refractivity contribution < 1.29 is 4.79 Å². The summed E-state index contributed by atoms with van der Waals surface area (Å²) in [6.07, 6.45) is 1.60. The lowest BCUT2D eigenvalue weighted by Gasteiger charge is -2.17. The quantitative estimate of drug-likeness (QED) is 0.923. The Morgan fingerprint density at radius 3 is 2.67 bits per heavy atom. The van der Waals surface area contributed by atoms with E-state index in [1.165, 1.54) is 5.56 Å². The van der Waals surface area contributed by atoms with E-state index in [9.17, 15) is 4.79 Å². The van der Waals surface area contributed by atoms with Crippen LogP contribution in [0.5, 0.6) is 0 Å². The van der Waals surface area contributed by atoms with Crippen LogP contribution in [0.25, 0.3) is 0 Å². The molecule has 1 amide bonds. The Kier molecular flexibility index (Phi) is 4.11. The third-order valence-corrected chi connectivity index (χ3v) is 3.89. The third-order valence-electron chi connectivity index (χ3n) is 3.64. The number of carbonyl (C=O) groups is 1. The van der Waals surface area contributed by atoms with Crippen LogP contribution in [0.3, 0.4) is 0 Å². The van der Waals surface area contributed by atoms with Gasteiger partial charge in [-0.25, -0.2) is 0 Å². The monoisotopic (exact) mass is 300 g/mol. The van der Waals surface area contributed by atoms with Gasteiger partial charge in [0.1, 0.15) is 0 Å². The second-order valence-corrected chi connectivity index (χ2v) is 5.62. The van der Waals surface area contributed by atoms with Gasteiger partial charge in [0, 0.05) is 35.9 Å². The van der Waals surface area contributed by atoms with Crippen LogP contribution < -0.4 is 10.2 Å². The second kappa shape index (κ2) is 6.19. The number of carbonyl (C=O) groups excluding carboxylic acids is 1. The average Bonchev–Trinajstić information content (AvgIpc) is 2.93.